The van der Waals surface area contributed by atoms with Crippen molar-refractivity contribution in [3.05, 3.63) is 93.5 Å². The Morgan fingerprint density at radius 1 is 0.970 bits per heavy atom. The lowest BCUT2D eigenvalue weighted by atomic mass is 9.97. The summed E-state index contributed by atoms with van der Waals surface area (Å²) in [6, 6.07) is 18.1. The molecule has 5 nitrogen and oxygen atoms in total. The topological polar surface area (TPSA) is 75.3 Å². The number of carbonyl (C=O) groups is 1. The number of sulfonamides is 1. The first kappa shape index (κ1) is 25.2. The molecule has 0 unspecified atom stereocenters. The number of aryl methyl sites for hydroxylation is 1. The first-order chi connectivity index (χ1) is 15.6. The van der Waals surface area contributed by atoms with Gasteiger partial charge in [0, 0.05) is 10.7 Å². The molecule has 174 valence electrons. The molecule has 2 N–H and O–H groups in total. The predicted molar refractivity (Wildman–Crippen MR) is 135 cm³/mol. The van der Waals surface area contributed by atoms with Crippen molar-refractivity contribution in [1.29, 1.82) is 0 Å². The Morgan fingerprint density at radius 3 is 2.33 bits per heavy atom. The summed E-state index contributed by atoms with van der Waals surface area (Å²) < 4.78 is 28.9. The molecule has 33 heavy (non-hydrogen) atoms. The van der Waals surface area contributed by atoms with Crippen LogP contribution < -0.4 is 10.0 Å². The van der Waals surface area contributed by atoms with Crippen molar-refractivity contribution >= 4 is 44.8 Å². The molecular formula is C25H26Cl2N2O3S. The Hall–Kier alpha value is -2.38. The molecule has 0 saturated heterocycles. The van der Waals surface area contributed by atoms with Gasteiger partial charge in [-0.3, -0.25) is 4.79 Å². The van der Waals surface area contributed by atoms with Crippen molar-refractivity contribution in [2.24, 2.45) is 0 Å². The van der Waals surface area contributed by atoms with Crippen LogP contribution in [0.2, 0.25) is 10.0 Å². The van der Waals surface area contributed by atoms with Crippen LogP contribution >= 0.6 is 23.2 Å². The first-order valence-corrected chi connectivity index (χ1v) is 12.7. The molecule has 1 atom stereocenters. The average Bonchev–Trinajstić information content (AvgIpc) is 2.76. The average molecular weight is 505 g/mol. The minimum atomic E-state index is -4.13. The lowest BCUT2D eigenvalue weighted by molar-refractivity contribution is -0.117. The molecule has 0 spiro atoms. The van der Waals surface area contributed by atoms with E-state index in [0.29, 0.717) is 5.69 Å². The van der Waals surface area contributed by atoms with E-state index in [4.69, 9.17) is 23.2 Å². The third kappa shape index (κ3) is 6.36. The molecule has 8 heteroatoms. The Kier molecular flexibility index (Phi) is 8.19. The molecule has 0 heterocycles. The lowest BCUT2D eigenvalue weighted by Gasteiger charge is -2.22. The van der Waals surface area contributed by atoms with Crippen molar-refractivity contribution in [3.63, 3.8) is 0 Å². The maximum atomic E-state index is 13.4. The fraction of sp³-hybridized carbons (Fsp3) is 0.240. The van der Waals surface area contributed by atoms with Crippen LogP contribution in [0.4, 0.5) is 5.69 Å². The number of hydrogen-bond acceptors (Lipinski definition) is 3. The van der Waals surface area contributed by atoms with Crippen molar-refractivity contribution in [2.75, 3.05) is 5.32 Å². The molecule has 0 aliphatic carbocycles. The number of benzene rings is 3. The van der Waals surface area contributed by atoms with Gasteiger partial charge in [-0.1, -0.05) is 85.6 Å². The standard InChI is InChI=1S/C25H26Cl2N2O3S/c1-16(2)20-11-7-8-17(3)24(20)28-25(30)22(14-18-9-5-4-6-10-18)29-33(31,32)23-15-19(26)12-13-21(23)27/h4-13,15-16,22,29H,14H2,1-3H3,(H,28,30)/t22-/m1/s1. The largest absolute Gasteiger partial charge is 0.324 e. The van der Waals surface area contributed by atoms with E-state index in [0.717, 1.165) is 16.7 Å². The summed E-state index contributed by atoms with van der Waals surface area (Å²) in [5.41, 5.74) is 3.37. The molecule has 0 radical (unpaired) electrons. The van der Waals surface area contributed by atoms with Crippen LogP contribution in [0, 0.1) is 6.92 Å². The van der Waals surface area contributed by atoms with Crippen LogP contribution in [0.1, 0.15) is 36.5 Å². The van der Waals surface area contributed by atoms with Gasteiger partial charge >= 0.3 is 0 Å². The Labute approximate surface area is 205 Å². The van der Waals surface area contributed by atoms with Gasteiger partial charge < -0.3 is 5.32 Å². The third-order valence-electron chi connectivity index (χ3n) is 5.25. The van der Waals surface area contributed by atoms with Crippen LogP contribution in [-0.2, 0) is 21.2 Å². The van der Waals surface area contributed by atoms with Crippen molar-refractivity contribution in [3.8, 4) is 0 Å². The van der Waals surface area contributed by atoms with E-state index in [1.807, 2.05) is 69.3 Å². The van der Waals surface area contributed by atoms with Crippen LogP contribution in [-0.4, -0.2) is 20.4 Å². The van der Waals surface area contributed by atoms with Crippen LogP contribution in [0.3, 0.4) is 0 Å². The molecule has 3 aromatic carbocycles. The van der Waals surface area contributed by atoms with Crippen LogP contribution in [0.15, 0.2) is 71.6 Å². The zero-order chi connectivity index (χ0) is 24.2. The summed E-state index contributed by atoms with van der Waals surface area (Å²) in [5, 5.41) is 3.20. The van der Waals surface area contributed by atoms with Gasteiger partial charge in [0.2, 0.25) is 15.9 Å². The summed E-state index contributed by atoms with van der Waals surface area (Å²) in [6.45, 7) is 5.98. The highest BCUT2D eigenvalue weighted by Crippen LogP contribution is 2.28. The summed E-state index contributed by atoms with van der Waals surface area (Å²) in [5.74, 6) is -0.286. The molecule has 1 amide bonds. The van der Waals surface area contributed by atoms with E-state index in [1.54, 1.807) is 0 Å². The van der Waals surface area contributed by atoms with E-state index in [-0.39, 0.29) is 27.3 Å². The number of halogens is 2. The third-order valence-corrected chi connectivity index (χ3v) is 7.44. The second-order valence-corrected chi connectivity index (χ2v) is 10.6. The second-order valence-electron chi connectivity index (χ2n) is 8.12. The van der Waals surface area contributed by atoms with E-state index < -0.39 is 22.0 Å². The molecule has 0 aliphatic heterocycles. The molecular weight excluding hydrogens is 479 g/mol. The number of rotatable bonds is 8. The van der Waals surface area contributed by atoms with Gasteiger partial charge in [0.15, 0.2) is 0 Å². The van der Waals surface area contributed by atoms with Crippen molar-refractivity contribution in [1.82, 2.24) is 4.72 Å². The zero-order valence-electron chi connectivity index (χ0n) is 18.6. The second kappa shape index (κ2) is 10.7. The Morgan fingerprint density at radius 2 is 1.67 bits per heavy atom. The van der Waals surface area contributed by atoms with Gasteiger partial charge in [-0.15, -0.1) is 0 Å². The van der Waals surface area contributed by atoms with Gasteiger partial charge in [-0.25, -0.2) is 8.42 Å². The van der Waals surface area contributed by atoms with Gasteiger partial charge in [-0.05, 0) is 54.2 Å². The fourth-order valence-corrected chi connectivity index (χ4v) is 5.48. The molecule has 0 saturated carbocycles. The number of nitrogens with one attached hydrogen (secondary N) is 2. The summed E-state index contributed by atoms with van der Waals surface area (Å²) in [7, 11) is -4.13. The molecule has 0 aliphatic rings. The fourth-order valence-electron chi connectivity index (χ4n) is 3.52. The van der Waals surface area contributed by atoms with E-state index in [1.165, 1.54) is 18.2 Å². The quantitative estimate of drug-likeness (QED) is 0.397. The molecule has 0 aromatic heterocycles. The van der Waals surface area contributed by atoms with Crippen molar-refractivity contribution < 1.29 is 13.2 Å². The number of hydrogen-bond donors (Lipinski definition) is 2. The summed E-state index contributed by atoms with van der Waals surface area (Å²) in [6.07, 6.45) is 0.160. The lowest BCUT2D eigenvalue weighted by Crippen LogP contribution is -2.45. The number of para-hydroxylation sites is 1. The Balaban J connectivity index is 1.97. The summed E-state index contributed by atoms with van der Waals surface area (Å²) >= 11 is 12.1. The normalized spacial score (nSPS) is 12.5. The highest BCUT2D eigenvalue weighted by atomic mass is 35.5. The maximum Gasteiger partial charge on any atom is 0.242 e. The molecule has 3 rings (SSSR count). The van der Waals surface area contributed by atoms with Crippen molar-refractivity contribution in [2.45, 2.75) is 44.0 Å². The molecule has 0 bridgehead atoms. The SMILES string of the molecule is Cc1cccc(C(C)C)c1NC(=O)[C@@H](Cc1ccccc1)NS(=O)(=O)c1cc(Cl)ccc1Cl. The van der Waals surface area contributed by atoms with E-state index in [2.05, 4.69) is 10.0 Å². The van der Waals surface area contributed by atoms with E-state index >= 15 is 0 Å². The van der Waals surface area contributed by atoms with Gasteiger partial charge in [-0.2, -0.15) is 4.72 Å². The Bertz CT molecular complexity index is 1250. The van der Waals surface area contributed by atoms with Crippen LogP contribution in [0.25, 0.3) is 0 Å². The predicted octanol–water partition coefficient (Wildman–Crippen LogP) is 5.95. The van der Waals surface area contributed by atoms with E-state index in [9.17, 15) is 13.2 Å². The highest BCUT2D eigenvalue weighted by molar-refractivity contribution is 7.89. The van der Waals surface area contributed by atoms with Gasteiger partial charge in [0.05, 0.1) is 5.02 Å². The van der Waals surface area contributed by atoms with Gasteiger partial charge in [0.25, 0.3) is 0 Å². The first-order valence-electron chi connectivity index (χ1n) is 10.5. The molecule has 0 fully saturated rings. The maximum absolute atomic E-state index is 13.4. The highest BCUT2D eigenvalue weighted by Gasteiger charge is 2.28. The summed E-state index contributed by atoms with van der Waals surface area (Å²) in [4.78, 5) is 13.2. The smallest absolute Gasteiger partial charge is 0.242 e. The number of anilines is 1. The number of amides is 1. The van der Waals surface area contributed by atoms with Crippen LogP contribution in [0.5, 0.6) is 0 Å². The minimum absolute atomic E-state index is 0.0202. The monoisotopic (exact) mass is 504 g/mol. The molecule has 3 aromatic rings. The minimum Gasteiger partial charge on any atom is -0.324 e. The zero-order valence-corrected chi connectivity index (χ0v) is 20.9. The number of carbonyl (C=O) groups excluding carboxylic acids is 1. The van der Waals surface area contributed by atoms with Gasteiger partial charge in [0.1, 0.15) is 10.9 Å².